The van der Waals surface area contributed by atoms with Crippen LogP contribution < -0.4 is 4.74 Å². The third-order valence-electron chi connectivity index (χ3n) is 6.03. The Morgan fingerprint density at radius 3 is 2.04 bits per heavy atom. The number of hydrogen-bond acceptors (Lipinski definition) is 3. The van der Waals surface area contributed by atoms with E-state index in [9.17, 15) is 9.59 Å². The van der Waals surface area contributed by atoms with Crippen molar-refractivity contribution in [3.8, 4) is 5.75 Å². The molecule has 1 aliphatic carbocycles. The van der Waals surface area contributed by atoms with Crippen molar-refractivity contribution in [2.24, 2.45) is 11.8 Å². The molecule has 0 aromatic heterocycles. The van der Waals surface area contributed by atoms with Gasteiger partial charge in [-0.15, -0.1) is 0 Å². The lowest BCUT2D eigenvalue weighted by atomic mass is 9.84. The van der Waals surface area contributed by atoms with Gasteiger partial charge in [-0.2, -0.15) is 0 Å². The van der Waals surface area contributed by atoms with E-state index in [0.29, 0.717) is 42.7 Å². The monoisotopic (exact) mass is 358 g/mol. The van der Waals surface area contributed by atoms with Crippen LogP contribution in [0.3, 0.4) is 0 Å². The van der Waals surface area contributed by atoms with Gasteiger partial charge < -0.3 is 19.6 Å². The van der Waals surface area contributed by atoms with Gasteiger partial charge in [-0.3, -0.25) is 4.79 Å². The summed E-state index contributed by atoms with van der Waals surface area (Å²) in [6.45, 7) is 2.68. The summed E-state index contributed by atoms with van der Waals surface area (Å²) in [4.78, 5) is 27.2. The summed E-state index contributed by atoms with van der Waals surface area (Å²) in [5.41, 5.74) is 0.706. The fraction of sp³-hybridized carbons (Fsp3) is 0.600. The highest BCUT2D eigenvalue weighted by Gasteiger charge is 2.32. The van der Waals surface area contributed by atoms with Crippen LogP contribution in [0.15, 0.2) is 24.3 Å². The SMILES string of the molecule is O=C(O)N1CCC(Oc2ccc(C(=O)N3CC4CCC(CC4)C3)cc2)C1. The Morgan fingerprint density at radius 1 is 0.885 bits per heavy atom. The van der Waals surface area contributed by atoms with E-state index >= 15 is 0 Å². The summed E-state index contributed by atoms with van der Waals surface area (Å²) in [6, 6.07) is 7.30. The number of likely N-dealkylation sites (tertiary alicyclic amines) is 1. The van der Waals surface area contributed by atoms with Crippen LogP contribution >= 0.6 is 0 Å². The van der Waals surface area contributed by atoms with Gasteiger partial charge in [-0.1, -0.05) is 0 Å². The van der Waals surface area contributed by atoms with Gasteiger partial charge >= 0.3 is 6.09 Å². The zero-order chi connectivity index (χ0) is 18.1. The van der Waals surface area contributed by atoms with Crippen LogP contribution in [0, 0.1) is 11.8 Å². The number of carbonyl (C=O) groups is 2. The largest absolute Gasteiger partial charge is 0.489 e. The zero-order valence-electron chi connectivity index (χ0n) is 15.0. The van der Waals surface area contributed by atoms with Gasteiger partial charge in [0.1, 0.15) is 11.9 Å². The topological polar surface area (TPSA) is 70.1 Å². The predicted molar refractivity (Wildman–Crippen MR) is 96.4 cm³/mol. The Balaban J connectivity index is 1.37. The number of hydrogen-bond donors (Lipinski definition) is 1. The minimum Gasteiger partial charge on any atom is -0.489 e. The highest BCUT2D eigenvalue weighted by Crippen LogP contribution is 2.34. The van der Waals surface area contributed by atoms with E-state index in [1.165, 1.54) is 30.6 Å². The number of benzene rings is 1. The number of fused-ring (bicyclic) bond motifs is 4. The van der Waals surface area contributed by atoms with Crippen molar-refractivity contribution in [1.82, 2.24) is 9.80 Å². The number of amides is 2. The minimum atomic E-state index is -0.900. The first-order chi connectivity index (χ1) is 12.6. The summed E-state index contributed by atoms with van der Waals surface area (Å²) in [7, 11) is 0. The molecule has 0 radical (unpaired) electrons. The maximum absolute atomic E-state index is 12.9. The fourth-order valence-corrected chi connectivity index (χ4v) is 4.51. The molecule has 140 valence electrons. The van der Waals surface area contributed by atoms with Crippen LogP contribution in [0.1, 0.15) is 42.5 Å². The number of ether oxygens (including phenoxy) is 1. The van der Waals surface area contributed by atoms with Crippen molar-refractivity contribution in [2.45, 2.75) is 38.2 Å². The van der Waals surface area contributed by atoms with E-state index in [0.717, 1.165) is 13.1 Å². The third-order valence-corrected chi connectivity index (χ3v) is 6.03. The van der Waals surface area contributed by atoms with Crippen molar-refractivity contribution < 1.29 is 19.4 Å². The third kappa shape index (κ3) is 3.64. The van der Waals surface area contributed by atoms with Crippen molar-refractivity contribution >= 4 is 12.0 Å². The van der Waals surface area contributed by atoms with E-state index in [1.807, 2.05) is 29.2 Å². The molecule has 1 aromatic carbocycles. The molecule has 1 aromatic rings. The van der Waals surface area contributed by atoms with E-state index < -0.39 is 6.09 Å². The number of carboxylic acid groups (broad SMARTS) is 1. The van der Waals surface area contributed by atoms with Crippen LogP contribution in [0.25, 0.3) is 0 Å². The average molecular weight is 358 g/mol. The second-order valence-corrected chi connectivity index (χ2v) is 7.88. The molecule has 2 bridgehead atoms. The lowest BCUT2D eigenvalue weighted by Gasteiger charge is -2.23. The molecule has 6 nitrogen and oxygen atoms in total. The van der Waals surface area contributed by atoms with Gasteiger partial charge in [0.2, 0.25) is 0 Å². The predicted octanol–water partition coefficient (Wildman–Crippen LogP) is 3.08. The smallest absolute Gasteiger partial charge is 0.407 e. The lowest BCUT2D eigenvalue weighted by molar-refractivity contribution is 0.0739. The summed E-state index contributed by atoms with van der Waals surface area (Å²) < 4.78 is 5.87. The zero-order valence-corrected chi connectivity index (χ0v) is 15.0. The fourth-order valence-electron chi connectivity index (χ4n) is 4.51. The van der Waals surface area contributed by atoms with Crippen molar-refractivity contribution in [1.29, 1.82) is 0 Å². The summed E-state index contributed by atoms with van der Waals surface area (Å²) in [5, 5.41) is 9.01. The van der Waals surface area contributed by atoms with E-state index in [-0.39, 0.29) is 12.0 Å². The molecule has 4 fully saturated rings. The Labute approximate surface area is 153 Å². The van der Waals surface area contributed by atoms with Gasteiger partial charge in [0.25, 0.3) is 5.91 Å². The van der Waals surface area contributed by atoms with Crippen LogP contribution in [0.2, 0.25) is 0 Å². The van der Waals surface area contributed by atoms with Gasteiger partial charge in [0.05, 0.1) is 6.54 Å². The van der Waals surface area contributed by atoms with Crippen LogP contribution in [-0.2, 0) is 0 Å². The molecule has 1 N–H and O–H groups in total. The molecule has 0 spiro atoms. The molecule has 3 aliphatic heterocycles. The maximum atomic E-state index is 12.9. The average Bonchev–Trinajstić information content (AvgIpc) is 2.91. The van der Waals surface area contributed by atoms with E-state index in [1.54, 1.807) is 0 Å². The van der Waals surface area contributed by atoms with Crippen molar-refractivity contribution in [2.75, 3.05) is 26.2 Å². The van der Waals surface area contributed by atoms with Crippen molar-refractivity contribution in [3.63, 3.8) is 0 Å². The highest BCUT2D eigenvalue weighted by atomic mass is 16.5. The molecular weight excluding hydrogens is 332 g/mol. The summed E-state index contributed by atoms with van der Waals surface area (Å²) >= 11 is 0. The second-order valence-electron chi connectivity index (χ2n) is 7.88. The molecular formula is C20H26N2O4. The number of carbonyl (C=O) groups excluding carboxylic acids is 1. The molecule has 26 heavy (non-hydrogen) atoms. The first-order valence-electron chi connectivity index (χ1n) is 9.62. The molecule has 3 saturated heterocycles. The Bertz CT molecular complexity index is 653. The van der Waals surface area contributed by atoms with Crippen LogP contribution in [0.4, 0.5) is 4.79 Å². The lowest BCUT2D eigenvalue weighted by Crippen LogP contribution is -2.34. The van der Waals surface area contributed by atoms with E-state index in [4.69, 9.17) is 9.84 Å². The van der Waals surface area contributed by atoms with Crippen molar-refractivity contribution in [3.05, 3.63) is 29.8 Å². The first kappa shape index (κ1) is 17.2. The number of nitrogens with zero attached hydrogens (tertiary/aromatic N) is 2. The molecule has 6 heteroatoms. The Hall–Kier alpha value is -2.24. The van der Waals surface area contributed by atoms with Gasteiger partial charge in [-0.25, -0.2) is 4.79 Å². The molecule has 1 atom stereocenters. The second kappa shape index (κ2) is 7.17. The standard InChI is InChI=1S/C20H26N2O4/c23-19(22-11-14-1-2-15(12-22)4-3-14)16-5-7-17(8-6-16)26-18-9-10-21(13-18)20(24)25/h5-8,14-15,18H,1-4,9-13H2,(H,24,25). The van der Waals surface area contributed by atoms with Gasteiger partial charge in [0, 0.05) is 31.6 Å². The highest BCUT2D eigenvalue weighted by molar-refractivity contribution is 5.94. The van der Waals surface area contributed by atoms with Gasteiger partial charge in [-0.05, 0) is 61.8 Å². The molecule has 1 saturated carbocycles. The molecule has 3 heterocycles. The summed E-state index contributed by atoms with van der Waals surface area (Å²) in [6.07, 6.45) is 4.72. The molecule has 2 amide bonds. The maximum Gasteiger partial charge on any atom is 0.407 e. The van der Waals surface area contributed by atoms with Crippen LogP contribution in [0.5, 0.6) is 5.75 Å². The minimum absolute atomic E-state index is 0.117. The van der Waals surface area contributed by atoms with Crippen LogP contribution in [-0.4, -0.2) is 59.2 Å². The Morgan fingerprint density at radius 2 is 1.50 bits per heavy atom. The summed E-state index contributed by atoms with van der Waals surface area (Å²) in [5.74, 6) is 2.14. The quantitative estimate of drug-likeness (QED) is 0.901. The number of rotatable bonds is 3. The van der Waals surface area contributed by atoms with Gasteiger partial charge in [0.15, 0.2) is 0 Å². The van der Waals surface area contributed by atoms with E-state index in [2.05, 4.69) is 0 Å². The first-order valence-corrected chi connectivity index (χ1v) is 9.62. The molecule has 1 unspecified atom stereocenters. The normalized spacial score (nSPS) is 28.1. The Kier molecular flexibility index (Phi) is 4.74. The molecule has 5 rings (SSSR count). The molecule has 4 aliphatic rings.